The van der Waals surface area contributed by atoms with Gasteiger partial charge in [0, 0.05) is 24.3 Å². The van der Waals surface area contributed by atoms with Gasteiger partial charge in [0.05, 0.1) is 28.3 Å². The molecule has 5 aromatic heterocycles. The van der Waals surface area contributed by atoms with E-state index in [-0.39, 0.29) is 36.2 Å². The van der Waals surface area contributed by atoms with Crippen LogP contribution >= 0.6 is 12.2 Å². The van der Waals surface area contributed by atoms with Crippen LogP contribution in [0.4, 0.5) is 13.2 Å². The second-order valence-corrected chi connectivity index (χ2v) is 11.9. The smallest absolute Gasteiger partial charge is 0.753 e. The normalized spacial score (nSPS) is 10.9. The van der Waals surface area contributed by atoms with Gasteiger partial charge in [0.2, 0.25) is 0 Å². The van der Waals surface area contributed by atoms with Gasteiger partial charge in [-0.15, -0.1) is 0 Å². The van der Waals surface area contributed by atoms with E-state index in [4.69, 9.17) is 10.5 Å². The number of isothiocyanates is 1. The molecule has 6 rings (SSSR count). The molecule has 0 saturated heterocycles. The Hall–Kier alpha value is -5.55. The molecule has 9 nitrogen and oxygen atoms in total. The number of carbonyl (C=O) groups is 1. The van der Waals surface area contributed by atoms with E-state index in [9.17, 15) is 18.0 Å². The number of aromatic nitrogens is 6. The molecule has 0 aliphatic heterocycles. The molecule has 14 heteroatoms. The number of halogens is 3. The van der Waals surface area contributed by atoms with Crippen LogP contribution in [0.5, 0.6) is 0 Å². The van der Waals surface area contributed by atoms with Gasteiger partial charge in [-0.25, -0.2) is 9.78 Å². The standard InChI is InChI=1S/C21H19F3N3.C16H11N3O2.CNS.Ru/c1-20(2,3)16-8-6-14(7-9-16)4-5-15-10-11-25-17(12-15)18-13-19(27-26-18)21(22,23)24;20-16(21)11-7-9-18-15(10-11)14-6-3-5-13(19-14)12-4-1-2-8-17-12;2-1-3;/h4-13H,1-3H3;1-10H,(H,20,21);;/q-1;;-1;+2/b5-4+;;;. The molecule has 0 bridgehead atoms. The Morgan fingerprint density at radius 3 is 1.96 bits per heavy atom. The second kappa shape index (κ2) is 18.6. The maximum atomic E-state index is 12.7. The molecule has 0 spiro atoms. The van der Waals surface area contributed by atoms with E-state index in [1.54, 1.807) is 30.6 Å². The van der Waals surface area contributed by atoms with E-state index < -0.39 is 17.8 Å². The molecular formula is C38H30F3N7O2RuS. The van der Waals surface area contributed by atoms with Crippen LogP contribution in [0.15, 0.2) is 110 Å². The topological polar surface area (TPSA) is 138 Å². The van der Waals surface area contributed by atoms with Gasteiger partial charge >= 0.3 is 31.6 Å². The number of aromatic carboxylic acids is 1. The molecule has 0 fully saturated rings. The van der Waals surface area contributed by atoms with Crippen molar-refractivity contribution < 1.29 is 42.6 Å². The summed E-state index contributed by atoms with van der Waals surface area (Å²) in [4.78, 5) is 28.0. The molecule has 264 valence electrons. The zero-order valence-corrected chi connectivity index (χ0v) is 30.5. The minimum absolute atomic E-state index is 0. The van der Waals surface area contributed by atoms with Crippen molar-refractivity contribution in [1.29, 1.82) is 0 Å². The van der Waals surface area contributed by atoms with Crippen molar-refractivity contribution in [3.63, 3.8) is 0 Å². The number of carboxylic acid groups (broad SMARTS) is 1. The van der Waals surface area contributed by atoms with Gasteiger partial charge in [0.1, 0.15) is 5.69 Å². The summed E-state index contributed by atoms with van der Waals surface area (Å²) in [6, 6.07) is 26.7. The molecule has 0 amide bonds. The Labute approximate surface area is 316 Å². The third kappa shape index (κ3) is 11.8. The summed E-state index contributed by atoms with van der Waals surface area (Å²) in [6.07, 6.45) is 4.03. The number of hydrogen-bond acceptors (Lipinski definition) is 7. The van der Waals surface area contributed by atoms with Crippen LogP contribution in [0, 0.1) is 0 Å². The summed E-state index contributed by atoms with van der Waals surface area (Å²) < 4.78 is 38.0. The maximum absolute atomic E-state index is 12.7. The van der Waals surface area contributed by atoms with Crippen LogP contribution in [0.1, 0.15) is 53.5 Å². The molecule has 0 saturated carbocycles. The Balaban J connectivity index is 0.000000262. The number of hydrogen-bond donors (Lipinski definition) is 1. The zero-order valence-electron chi connectivity index (χ0n) is 27.9. The van der Waals surface area contributed by atoms with E-state index in [0.717, 1.165) is 28.6 Å². The number of nitrogens with zero attached hydrogens (tertiary/aromatic N) is 7. The summed E-state index contributed by atoms with van der Waals surface area (Å²) in [5, 5.41) is 24.3. The van der Waals surface area contributed by atoms with Crippen LogP contribution < -0.4 is 5.10 Å². The number of thiocarbonyl (C=S) groups is 1. The molecule has 6 aromatic rings. The van der Waals surface area contributed by atoms with E-state index >= 15 is 0 Å². The van der Waals surface area contributed by atoms with Crippen molar-refractivity contribution >= 4 is 35.5 Å². The van der Waals surface area contributed by atoms with E-state index in [0.29, 0.717) is 17.1 Å². The predicted octanol–water partition coefficient (Wildman–Crippen LogP) is 9.15. The predicted molar refractivity (Wildman–Crippen MR) is 193 cm³/mol. The number of rotatable bonds is 6. The van der Waals surface area contributed by atoms with Crippen molar-refractivity contribution in [2.75, 3.05) is 0 Å². The fraction of sp³-hybridized carbons (Fsp3) is 0.132. The first-order valence-electron chi connectivity index (χ1n) is 15.2. The van der Waals surface area contributed by atoms with Crippen molar-refractivity contribution in [1.82, 2.24) is 30.1 Å². The Bertz CT molecular complexity index is 2150. The quantitative estimate of drug-likeness (QED) is 0.0992. The summed E-state index contributed by atoms with van der Waals surface area (Å²) in [7, 11) is 0. The molecule has 0 radical (unpaired) electrons. The summed E-state index contributed by atoms with van der Waals surface area (Å²) in [5.74, 6) is -0.987. The molecule has 0 aliphatic carbocycles. The molecule has 1 N–H and O–H groups in total. The number of alkyl halides is 3. The average Bonchev–Trinajstić information content (AvgIpc) is 3.64. The fourth-order valence-electron chi connectivity index (χ4n) is 4.47. The van der Waals surface area contributed by atoms with Gasteiger partial charge < -0.3 is 20.7 Å². The molecule has 1 aromatic carbocycles. The van der Waals surface area contributed by atoms with Crippen LogP contribution in [0.2, 0.25) is 0 Å². The molecule has 5 heterocycles. The number of carboxylic acids is 1. The van der Waals surface area contributed by atoms with Crippen LogP contribution in [-0.2, 0) is 31.1 Å². The summed E-state index contributed by atoms with van der Waals surface area (Å²) in [6.45, 7) is 6.48. The van der Waals surface area contributed by atoms with Crippen LogP contribution in [-0.4, -0.2) is 41.3 Å². The summed E-state index contributed by atoms with van der Waals surface area (Å²) >= 11 is 3.70. The first-order chi connectivity index (χ1) is 24.3. The van der Waals surface area contributed by atoms with Gasteiger partial charge in [-0.2, -0.15) is 18.3 Å². The minimum Gasteiger partial charge on any atom is -0.753 e. The Morgan fingerprint density at radius 2 is 1.37 bits per heavy atom. The Kier molecular flexibility index (Phi) is 14.6. The monoisotopic (exact) mass is 807 g/mol. The molecular weight excluding hydrogens is 777 g/mol. The van der Waals surface area contributed by atoms with E-state index in [1.165, 1.54) is 29.1 Å². The van der Waals surface area contributed by atoms with Gasteiger partial charge in [-0.1, -0.05) is 87.2 Å². The molecule has 0 atom stereocenters. The van der Waals surface area contributed by atoms with Crippen molar-refractivity contribution in [3.8, 4) is 34.2 Å². The van der Waals surface area contributed by atoms with Crippen molar-refractivity contribution in [2.45, 2.75) is 32.4 Å². The minimum atomic E-state index is -4.51. The SMILES string of the molecule is CC(C)(C)c1ccc(/C=C/c2ccnc(-c3cc(C(F)(F)F)n[n-]3)c2)cc1.O=C(O)c1ccnc(-c2cccc(-c3ccccn3)n2)c1.[N-]=C=S.[Ru+2]. The average molecular weight is 807 g/mol. The Morgan fingerprint density at radius 1 is 0.769 bits per heavy atom. The van der Waals surface area contributed by atoms with E-state index in [2.05, 4.69) is 75.3 Å². The first kappa shape index (κ1) is 40.9. The van der Waals surface area contributed by atoms with Crippen LogP contribution in [0.3, 0.4) is 0 Å². The van der Waals surface area contributed by atoms with Gasteiger partial charge in [-0.3, -0.25) is 15.0 Å². The number of benzene rings is 1. The van der Waals surface area contributed by atoms with Gasteiger partial charge in [-0.05, 0) is 76.7 Å². The third-order valence-corrected chi connectivity index (χ3v) is 7.07. The van der Waals surface area contributed by atoms with Crippen molar-refractivity contribution in [3.05, 3.63) is 143 Å². The number of pyridine rings is 4. The first-order valence-corrected chi connectivity index (χ1v) is 15.6. The maximum Gasteiger partial charge on any atom is 2.00 e. The zero-order chi connectivity index (χ0) is 37.0. The third-order valence-electron chi connectivity index (χ3n) is 7.07. The fourth-order valence-corrected chi connectivity index (χ4v) is 4.47. The van der Waals surface area contributed by atoms with Gasteiger partial charge in [0.25, 0.3) is 0 Å². The molecule has 52 heavy (non-hydrogen) atoms. The largest absolute Gasteiger partial charge is 2.00 e. The summed E-state index contributed by atoms with van der Waals surface area (Å²) in [5.41, 5.74) is 5.43. The molecule has 0 aliphatic rings. The van der Waals surface area contributed by atoms with Gasteiger partial charge in [0.15, 0.2) is 0 Å². The second-order valence-electron chi connectivity index (χ2n) is 11.7. The van der Waals surface area contributed by atoms with Crippen molar-refractivity contribution in [2.24, 2.45) is 0 Å². The van der Waals surface area contributed by atoms with Crippen LogP contribution in [0.25, 0.3) is 51.7 Å². The molecule has 0 unspecified atom stereocenters. The van der Waals surface area contributed by atoms with E-state index in [1.807, 2.05) is 54.6 Å².